The van der Waals surface area contributed by atoms with E-state index in [1.807, 2.05) is 20.8 Å². The molecule has 1 fully saturated rings. The predicted molar refractivity (Wildman–Crippen MR) is 86.7 cm³/mol. The number of carboxylic acid groups (broad SMARTS) is 1. The Hall–Kier alpha value is -0.570. The maximum Gasteiger partial charge on any atom is 0.410 e. The number of hydrogen-bond acceptors (Lipinski definition) is 4. The summed E-state index contributed by atoms with van der Waals surface area (Å²) >= 11 is 2.27. The molecule has 0 spiro atoms. The van der Waals surface area contributed by atoms with E-state index in [1.165, 1.54) is 7.11 Å². The van der Waals surface area contributed by atoms with Crippen LogP contribution in [0.2, 0.25) is 0 Å². The maximum atomic E-state index is 12.3. The second-order valence-corrected chi connectivity index (χ2v) is 8.12. The van der Waals surface area contributed by atoms with Gasteiger partial charge in [-0.05, 0) is 34.1 Å². The molecule has 21 heavy (non-hydrogen) atoms. The Morgan fingerprint density at radius 1 is 1.38 bits per heavy atom. The Bertz CT molecular complexity index is 395. The summed E-state index contributed by atoms with van der Waals surface area (Å²) in [5.74, 6) is -1.62. The lowest BCUT2D eigenvalue weighted by Gasteiger charge is -2.33. The molecule has 1 aliphatic rings. The number of carbonyl (C=O) groups is 2. The number of rotatable bonds is 4. The third-order valence-electron chi connectivity index (χ3n) is 3.45. The highest BCUT2D eigenvalue weighted by Gasteiger charge is 2.44. The zero-order chi connectivity index (χ0) is 16.4. The topological polar surface area (TPSA) is 76.1 Å². The van der Waals surface area contributed by atoms with Gasteiger partial charge >= 0.3 is 12.1 Å². The summed E-state index contributed by atoms with van der Waals surface area (Å²) < 4.78 is 11.1. The molecule has 1 rings (SSSR count). The van der Waals surface area contributed by atoms with Gasteiger partial charge in [0.05, 0.1) is 18.1 Å². The molecule has 1 N–H and O–H groups in total. The van der Waals surface area contributed by atoms with Gasteiger partial charge < -0.3 is 19.5 Å². The lowest BCUT2D eigenvalue weighted by molar-refractivity contribution is -0.147. The second kappa shape index (κ2) is 7.13. The van der Waals surface area contributed by atoms with Crippen LogP contribution in [0.3, 0.4) is 0 Å². The van der Waals surface area contributed by atoms with Crippen LogP contribution in [0.1, 0.15) is 34.1 Å². The fraction of sp³-hybridized carbons (Fsp3) is 0.857. The molecule has 0 aromatic heterocycles. The van der Waals surface area contributed by atoms with Crippen LogP contribution < -0.4 is 0 Å². The normalized spacial score (nSPS) is 25.5. The number of nitrogens with zero attached hydrogens (tertiary/aromatic N) is 1. The third-order valence-corrected chi connectivity index (χ3v) is 4.36. The van der Waals surface area contributed by atoms with Crippen molar-refractivity contribution in [2.75, 3.05) is 13.7 Å². The molecule has 1 unspecified atom stereocenters. The number of alkyl halides is 1. The van der Waals surface area contributed by atoms with Crippen LogP contribution in [-0.4, -0.2) is 57.4 Å². The monoisotopic (exact) mass is 413 g/mol. The van der Waals surface area contributed by atoms with Crippen LogP contribution in [0.15, 0.2) is 0 Å². The molecule has 0 radical (unpaired) electrons. The second-order valence-electron chi connectivity index (χ2n) is 6.36. The van der Waals surface area contributed by atoms with E-state index in [-0.39, 0.29) is 9.97 Å². The van der Waals surface area contributed by atoms with Gasteiger partial charge in [0, 0.05) is 17.6 Å². The quantitative estimate of drug-likeness (QED) is 0.567. The Morgan fingerprint density at radius 2 is 1.95 bits per heavy atom. The van der Waals surface area contributed by atoms with Crippen molar-refractivity contribution in [3.8, 4) is 0 Å². The third kappa shape index (κ3) is 4.98. The van der Waals surface area contributed by atoms with Gasteiger partial charge in [-0.3, -0.25) is 4.79 Å². The minimum atomic E-state index is -0.928. The van der Waals surface area contributed by atoms with E-state index in [4.69, 9.17) is 9.47 Å². The average Bonchev–Trinajstić information content (AvgIpc) is 2.70. The molecule has 1 aliphatic heterocycles. The molecule has 0 bridgehead atoms. The summed E-state index contributed by atoms with van der Waals surface area (Å²) in [6.45, 7) is 7.58. The summed E-state index contributed by atoms with van der Waals surface area (Å²) in [6, 6.07) is -0.280. The summed E-state index contributed by atoms with van der Waals surface area (Å²) in [6.07, 6.45) is -0.253. The van der Waals surface area contributed by atoms with Crippen molar-refractivity contribution in [2.45, 2.75) is 55.8 Å². The van der Waals surface area contributed by atoms with E-state index < -0.39 is 29.7 Å². The standard InChI is InChI=1S/C14H24INO5/c1-8(12(17)18)11(20-5)10-6-9(15)7-16(10)13(19)21-14(2,3)4/h8-11H,6-7H2,1-5H3,(H,17,18)/t8-,9?,10+,11-/m1/s1. The number of carboxylic acids is 1. The lowest BCUT2D eigenvalue weighted by Crippen LogP contribution is -2.49. The molecule has 1 amide bonds. The zero-order valence-corrected chi connectivity index (χ0v) is 15.3. The maximum absolute atomic E-state index is 12.3. The van der Waals surface area contributed by atoms with Gasteiger partial charge in [-0.1, -0.05) is 22.6 Å². The van der Waals surface area contributed by atoms with Gasteiger partial charge in [-0.25, -0.2) is 4.79 Å². The molecule has 0 aliphatic carbocycles. The first-order valence-electron chi connectivity index (χ1n) is 6.96. The minimum absolute atomic E-state index is 0.263. The Kier molecular flexibility index (Phi) is 6.27. The highest BCUT2D eigenvalue weighted by Crippen LogP contribution is 2.31. The summed E-state index contributed by atoms with van der Waals surface area (Å²) in [5.41, 5.74) is -0.577. The van der Waals surface area contributed by atoms with E-state index in [0.717, 1.165) is 0 Å². The van der Waals surface area contributed by atoms with Crippen LogP contribution in [0.5, 0.6) is 0 Å². The minimum Gasteiger partial charge on any atom is -0.481 e. The first-order chi connectivity index (χ1) is 9.56. The highest BCUT2D eigenvalue weighted by molar-refractivity contribution is 14.1. The van der Waals surface area contributed by atoms with E-state index in [0.29, 0.717) is 13.0 Å². The molecule has 0 saturated carbocycles. The van der Waals surface area contributed by atoms with Gasteiger partial charge in [-0.15, -0.1) is 0 Å². The fourth-order valence-electron chi connectivity index (χ4n) is 2.49. The Balaban J connectivity index is 2.92. The van der Waals surface area contributed by atoms with Crippen LogP contribution in [0.4, 0.5) is 4.79 Å². The highest BCUT2D eigenvalue weighted by atomic mass is 127. The molecular formula is C14H24INO5. The van der Waals surface area contributed by atoms with Crippen LogP contribution in [0, 0.1) is 5.92 Å². The smallest absolute Gasteiger partial charge is 0.410 e. The number of carbonyl (C=O) groups excluding carboxylic acids is 1. The SMILES string of the molecule is CO[C@H]([C@@H](C)C(=O)O)[C@@H]1CC(I)CN1C(=O)OC(C)(C)C. The van der Waals surface area contributed by atoms with Gasteiger partial charge in [0.2, 0.25) is 0 Å². The van der Waals surface area contributed by atoms with Crippen molar-refractivity contribution in [1.29, 1.82) is 0 Å². The van der Waals surface area contributed by atoms with Crippen molar-refractivity contribution in [1.82, 2.24) is 4.90 Å². The first-order valence-corrected chi connectivity index (χ1v) is 8.20. The zero-order valence-electron chi connectivity index (χ0n) is 13.1. The molecule has 7 heteroatoms. The van der Waals surface area contributed by atoms with E-state index in [2.05, 4.69) is 22.6 Å². The molecule has 0 aromatic rings. The average molecular weight is 413 g/mol. The van der Waals surface area contributed by atoms with Crippen molar-refractivity contribution >= 4 is 34.7 Å². The van der Waals surface area contributed by atoms with Crippen LogP contribution in [0.25, 0.3) is 0 Å². The van der Waals surface area contributed by atoms with Crippen molar-refractivity contribution in [3.63, 3.8) is 0 Å². The molecule has 4 atom stereocenters. The van der Waals surface area contributed by atoms with E-state index in [1.54, 1.807) is 11.8 Å². The van der Waals surface area contributed by atoms with E-state index >= 15 is 0 Å². The van der Waals surface area contributed by atoms with Gasteiger partial charge in [-0.2, -0.15) is 0 Å². The number of hydrogen-bond donors (Lipinski definition) is 1. The number of aliphatic carboxylic acids is 1. The Labute approximate surface area is 139 Å². The molecule has 1 heterocycles. The summed E-state index contributed by atoms with van der Waals surface area (Å²) in [5, 5.41) is 9.20. The number of methoxy groups -OCH3 is 1. The van der Waals surface area contributed by atoms with Crippen LogP contribution in [-0.2, 0) is 14.3 Å². The molecule has 6 nitrogen and oxygen atoms in total. The lowest BCUT2D eigenvalue weighted by atomic mass is 9.96. The van der Waals surface area contributed by atoms with Gasteiger partial charge in [0.1, 0.15) is 5.60 Å². The molecule has 122 valence electrons. The van der Waals surface area contributed by atoms with Gasteiger partial charge in [0.25, 0.3) is 0 Å². The predicted octanol–water partition coefficient (Wildman–Crippen LogP) is 2.54. The fourth-order valence-corrected chi connectivity index (χ4v) is 3.43. The van der Waals surface area contributed by atoms with Crippen molar-refractivity contribution in [3.05, 3.63) is 0 Å². The molecular weight excluding hydrogens is 389 g/mol. The first kappa shape index (κ1) is 18.5. The number of halogens is 1. The number of likely N-dealkylation sites (tertiary alicyclic amines) is 1. The van der Waals surface area contributed by atoms with E-state index in [9.17, 15) is 14.7 Å². The number of ether oxygens (including phenoxy) is 2. The Morgan fingerprint density at radius 3 is 2.38 bits per heavy atom. The largest absolute Gasteiger partial charge is 0.481 e. The summed E-state index contributed by atoms with van der Waals surface area (Å²) in [4.78, 5) is 25.2. The summed E-state index contributed by atoms with van der Waals surface area (Å²) in [7, 11) is 1.48. The van der Waals surface area contributed by atoms with Gasteiger partial charge in [0.15, 0.2) is 0 Å². The number of amides is 1. The van der Waals surface area contributed by atoms with Crippen molar-refractivity contribution < 1.29 is 24.2 Å². The van der Waals surface area contributed by atoms with Crippen LogP contribution >= 0.6 is 22.6 Å². The molecule has 0 aromatic carbocycles. The molecule has 1 saturated heterocycles. The van der Waals surface area contributed by atoms with Crippen molar-refractivity contribution in [2.24, 2.45) is 5.92 Å².